The van der Waals surface area contributed by atoms with Crippen LogP contribution in [0.1, 0.15) is 36.9 Å². The molecule has 1 N–H and O–H groups in total. The third kappa shape index (κ3) is 2.18. The minimum atomic E-state index is 0.119. The molecule has 3 heteroatoms. The molecule has 1 heterocycles. The highest BCUT2D eigenvalue weighted by Gasteiger charge is 2.24. The Bertz CT molecular complexity index is 401. The lowest BCUT2D eigenvalue weighted by Crippen LogP contribution is -2.19. The average molecular weight is 219 g/mol. The second-order valence-corrected chi connectivity index (χ2v) is 4.13. The third-order valence-electron chi connectivity index (χ3n) is 2.84. The van der Waals surface area contributed by atoms with E-state index in [2.05, 4.69) is 18.3 Å². The van der Waals surface area contributed by atoms with Crippen molar-refractivity contribution in [2.24, 2.45) is 0 Å². The minimum absolute atomic E-state index is 0.119. The molecule has 1 aromatic carbocycles. The normalized spacial score (nSPS) is 19.6. The second kappa shape index (κ2) is 4.56. The number of carbonyl (C=O) groups is 1. The van der Waals surface area contributed by atoms with Crippen LogP contribution in [0.5, 0.6) is 5.75 Å². The lowest BCUT2D eigenvalue weighted by molar-refractivity contribution is -0.119. The van der Waals surface area contributed by atoms with E-state index in [-0.39, 0.29) is 11.9 Å². The molecule has 0 radical (unpaired) electrons. The van der Waals surface area contributed by atoms with Crippen LogP contribution in [0.4, 0.5) is 0 Å². The van der Waals surface area contributed by atoms with Crippen LogP contribution < -0.4 is 10.1 Å². The molecule has 1 aliphatic heterocycles. The zero-order valence-corrected chi connectivity index (χ0v) is 9.75. The van der Waals surface area contributed by atoms with Crippen LogP contribution in [0.2, 0.25) is 0 Å². The molecule has 3 nitrogen and oxygen atoms in total. The molecule has 1 atom stereocenters. The van der Waals surface area contributed by atoms with Gasteiger partial charge in [0.05, 0.1) is 12.6 Å². The summed E-state index contributed by atoms with van der Waals surface area (Å²) in [5, 5.41) is 2.98. The van der Waals surface area contributed by atoms with Gasteiger partial charge >= 0.3 is 0 Å². The van der Waals surface area contributed by atoms with Gasteiger partial charge in [-0.2, -0.15) is 0 Å². The monoisotopic (exact) mass is 219 g/mol. The van der Waals surface area contributed by atoms with Crippen LogP contribution in [0.15, 0.2) is 18.2 Å². The van der Waals surface area contributed by atoms with Crippen molar-refractivity contribution in [3.05, 3.63) is 29.3 Å². The Hall–Kier alpha value is -1.51. The molecule has 86 valence electrons. The van der Waals surface area contributed by atoms with Crippen LogP contribution >= 0.6 is 0 Å². The smallest absolute Gasteiger partial charge is 0.220 e. The van der Waals surface area contributed by atoms with Crippen molar-refractivity contribution < 1.29 is 9.53 Å². The molecule has 0 spiro atoms. The minimum Gasteiger partial charge on any atom is -0.494 e. The molecule has 0 bridgehead atoms. The number of aryl methyl sites for hydroxylation is 1. The molecule has 0 saturated carbocycles. The Morgan fingerprint density at radius 2 is 2.31 bits per heavy atom. The summed E-state index contributed by atoms with van der Waals surface area (Å²) in [6.07, 6.45) is 1.48. The highest BCUT2D eigenvalue weighted by molar-refractivity contribution is 5.79. The van der Waals surface area contributed by atoms with Gasteiger partial charge in [-0.1, -0.05) is 17.7 Å². The van der Waals surface area contributed by atoms with E-state index in [1.807, 2.05) is 19.1 Å². The number of hydrogen-bond donors (Lipinski definition) is 1. The highest BCUT2D eigenvalue weighted by Crippen LogP contribution is 2.32. The van der Waals surface area contributed by atoms with Gasteiger partial charge in [0.2, 0.25) is 5.91 Å². The van der Waals surface area contributed by atoms with E-state index in [1.165, 1.54) is 5.56 Å². The first kappa shape index (κ1) is 11.0. The van der Waals surface area contributed by atoms with Crippen molar-refractivity contribution in [2.75, 3.05) is 6.61 Å². The maximum atomic E-state index is 11.2. The molecular formula is C13H17NO2. The van der Waals surface area contributed by atoms with Gasteiger partial charge in [-0.3, -0.25) is 4.79 Å². The fourth-order valence-electron chi connectivity index (χ4n) is 2.07. The maximum absolute atomic E-state index is 11.2. The molecular weight excluding hydrogens is 202 g/mol. The summed E-state index contributed by atoms with van der Waals surface area (Å²) < 4.78 is 5.59. The van der Waals surface area contributed by atoms with Gasteiger partial charge in [0.15, 0.2) is 0 Å². The van der Waals surface area contributed by atoms with Gasteiger partial charge < -0.3 is 10.1 Å². The van der Waals surface area contributed by atoms with Gasteiger partial charge in [0, 0.05) is 12.0 Å². The number of ether oxygens (including phenoxy) is 1. The molecule has 1 fully saturated rings. The summed E-state index contributed by atoms with van der Waals surface area (Å²) in [5.74, 6) is 1.02. The number of nitrogens with one attached hydrogen (secondary N) is 1. The van der Waals surface area contributed by atoms with Crippen LogP contribution in [-0.4, -0.2) is 12.5 Å². The van der Waals surface area contributed by atoms with E-state index in [1.54, 1.807) is 0 Å². The van der Waals surface area contributed by atoms with Crippen molar-refractivity contribution >= 4 is 5.91 Å². The van der Waals surface area contributed by atoms with Crippen molar-refractivity contribution in [1.29, 1.82) is 0 Å². The fraction of sp³-hybridized carbons (Fsp3) is 0.462. The van der Waals surface area contributed by atoms with Gasteiger partial charge in [0.1, 0.15) is 5.75 Å². The van der Waals surface area contributed by atoms with Crippen molar-refractivity contribution in [2.45, 2.75) is 32.7 Å². The summed E-state index contributed by atoms with van der Waals surface area (Å²) >= 11 is 0. The fourth-order valence-corrected chi connectivity index (χ4v) is 2.07. The molecule has 2 rings (SSSR count). The SMILES string of the molecule is CCOc1ccc(C)cc1C1CCC(=O)N1. The number of hydrogen-bond acceptors (Lipinski definition) is 2. The third-order valence-corrected chi connectivity index (χ3v) is 2.84. The number of amides is 1. The lowest BCUT2D eigenvalue weighted by Gasteiger charge is -2.16. The molecule has 1 amide bonds. The van der Waals surface area contributed by atoms with Gasteiger partial charge in [-0.05, 0) is 26.3 Å². The van der Waals surface area contributed by atoms with Crippen molar-refractivity contribution in [3.63, 3.8) is 0 Å². The van der Waals surface area contributed by atoms with Crippen LogP contribution in [0.25, 0.3) is 0 Å². The molecule has 0 aliphatic carbocycles. The van der Waals surface area contributed by atoms with Gasteiger partial charge in [-0.25, -0.2) is 0 Å². The second-order valence-electron chi connectivity index (χ2n) is 4.13. The maximum Gasteiger partial charge on any atom is 0.220 e. The Kier molecular flexibility index (Phi) is 3.13. The van der Waals surface area contributed by atoms with Crippen molar-refractivity contribution in [3.8, 4) is 5.75 Å². The zero-order valence-electron chi connectivity index (χ0n) is 9.75. The van der Waals surface area contributed by atoms with Crippen LogP contribution in [-0.2, 0) is 4.79 Å². The van der Waals surface area contributed by atoms with E-state index in [9.17, 15) is 4.79 Å². The Labute approximate surface area is 95.8 Å². The summed E-state index contributed by atoms with van der Waals surface area (Å²) in [6.45, 7) is 4.67. The van der Waals surface area contributed by atoms with Crippen molar-refractivity contribution in [1.82, 2.24) is 5.32 Å². The van der Waals surface area contributed by atoms with E-state index in [4.69, 9.17) is 4.74 Å². The van der Waals surface area contributed by atoms with Crippen LogP contribution in [0.3, 0.4) is 0 Å². The first-order valence-corrected chi connectivity index (χ1v) is 5.73. The molecule has 1 aliphatic rings. The Morgan fingerprint density at radius 1 is 1.50 bits per heavy atom. The summed E-state index contributed by atoms with van der Waals surface area (Å²) in [6, 6.07) is 6.24. The average Bonchev–Trinajstić information content (AvgIpc) is 2.68. The topological polar surface area (TPSA) is 38.3 Å². The Morgan fingerprint density at radius 3 is 2.94 bits per heavy atom. The molecule has 16 heavy (non-hydrogen) atoms. The highest BCUT2D eigenvalue weighted by atomic mass is 16.5. The first-order chi connectivity index (χ1) is 7.70. The summed E-state index contributed by atoms with van der Waals surface area (Å²) in [4.78, 5) is 11.2. The molecule has 1 aromatic rings. The summed E-state index contributed by atoms with van der Waals surface area (Å²) in [5.41, 5.74) is 2.30. The number of benzene rings is 1. The standard InChI is InChI=1S/C13H17NO2/c1-3-16-12-6-4-9(2)8-10(12)11-5-7-13(15)14-11/h4,6,8,11H,3,5,7H2,1-2H3,(H,14,15). The molecule has 1 saturated heterocycles. The molecule has 0 aromatic heterocycles. The van der Waals surface area contributed by atoms with E-state index in [0.29, 0.717) is 13.0 Å². The van der Waals surface area contributed by atoms with E-state index < -0.39 is 0 Å². The number of rotatable bonds is 3. The quantitative estimate of drug-likeness (QED) is 0.847. The first-order valence-electron chi connectivity index (χ1n) is 5.73. The predicted molar refractivity (Wildman–Crippen MR) is 62.5 cm³/mol. The predicted octanol–water partition coefficient (Wildman–Crippen LogP) is 2.34. The zero-order chi connectivity index (χ0) is 11.5. The largest absolute Gasteiger partial charge is 0.494 e. The molecule has 1 unspecified atom stereocenters. The Balaban J connectivity index is 2.29. The summed E-state index contributed by atoms with van der Waals surface area (Å²) in [7, 11) is 0. The van der Waals surface area contributed by atoms with Gasteiger partial charge in [0.25, 0.3) is 0 Å². The van der Waals surface area contributed by atoms with Gasteiger partial charge in [-0.15, -0.1) is 0 Å². The van der Waals surface area contributed by atoms with E-state index in [0.717, 1.165) is 17.7 Å². The van der Waals surface area contributed by atoms with Crippen LogP contribution in [0, 0.1) is 6.92 Å². The lowest BCUT2D eigenvalue weighted by atomic mass is 10.0. The number of carbonyl (C=O) groups excluding carboxylic acids is 1. The van der Waals surface area contributed by atoms with E-state index >= 15 is 0 Å².